The van der Waals surface area contributed by atoms with Crippen molar-refractivity contribution in [1.29, 1.82) is 0 Å². The van der Waals surface area contributed by atoms with Gasteiger partial charge < -0.3 is 11.1 Å². The number of anilines is 2. The first-order valence-electron chi connectivity index (χ1n) is 5.50. The van der Waals surface area contributed by atoms with Crippen LogP contribution < -0.4 is 11.1 Å². The molecule has 94 valence electrons. The maximum absolute atomic E-state index is 6.10. The van der Waals surface area contributed by atoms with Crippen LogP contribution in [0.5, 0.6) is 0 Å². The minimum Gasteiger partial charge on any atom is -0.370 e. The molecule has 2 aromatic rings. The first kappa shape index (κ1) is 13.0. The highest BCUT2D eigenvalue weighted by atomic mass is 35.5. The van der Waals surface area contributed by atoms with Gasteiger partial charge in [0.2, 0.25) is 5.95 Å². The third-order valence-electron chi connectivity index (χ3n) is 2.13. The Morgan fingerprint density at radius 2 is 2.11 bits per heavy atom. The molecule has 4 nitrogen and oxygen atoms in total. The van der Waals surface area contributed by atoms with Crippen LogP contribution >= 0.6 is 23.4 Å². The fourth-order valence-electron chi connectivity index (χ4n) is 1.41. The molecular formula is C12H13ClN4S. The van der Waals surface area contributed by atoms with Crippen molar-refractivity contribution in [3.05, 3.63) is 35.4 Å². The van der Waals surface area contributed by atoms with E-state index in [2.05, 4.69) is 15.3 Å². The van der Waals surface area contributed by atoms with Crippen molar-refractivity contribution in [1.82, 2.24) is 9.97 Å². The number of rotatable bonds is 4. The molecule has 0 spiro atoms. The third kappa shape index (κ3) is 3.27. The number of nitrogens with zero attached hydrogens (tertiary/aromatic N) is 2. The Morgan fingerprint density at radius 3 is 2.83 bits per heavy atom. The van der Waals surface area contributed by atoms with Gasteiger partial charge in [-0.2, -0.15) is 4.98 Å². The van der Waals surface area contributed by atoms with Gasteiger partial charge in [0.15, 0.2) is 0 Å². The van der Waals surface area contributed by atoms with Crippen LogP contribution in [0, 0.1) is 0 Å². The average Bonchev–Trinajstić information content (AvgIpc) is 2.32. The molecule has 1 aromatic heterocycles. The maximum atomic E-state index is 6.10. The predicted molar refractivity (Wildman–Crippen MR) is 76.2 cm³/mol. The van der Waals surface area contributed by atoms with Crippen LogP contribution in [0.2, 0.25) is 5.02 Å². The van der Waals surface area contributed by atoms with E-state index in [0.717, 1.165) is 22.3 Å². The molecule has 1 heterocycles. The lowest BCUT2D eigenvalue weighted by Gasteiger charge is -2.07. The second-order valence-corrected chi connectivity index (χ2v) is 4.98. The van der Waals surface area contributed by atoms with Crippen molar-refractivity contribution in [2.45, 2.75) is 16.8 Å². The number of halogens is 1. The van der Waals surface area contributed by atoms with Crippen molar-refractivity contribution in [3.63, 3.8) is 0 Å². The van der Waals surface area contributed by atoms with Gasteiger partial charge in [-0.15, -0.1) is 0 Å². The smallest absolute Gasteiger partial charge is 0.223 e. The van der Waals surface area contributed by atoms with E-state index in [1.807, 2.05) is 37.3 Å². The van der Waals surface area contributed by atoms with Crippen molar-refractivity contribution in [3.8, 4) is 0 Å². The topological polar surface area (TPSA) is 63.8 Å². The van der Waals surface area contributed by atoms with E-state index in [4.69, 9.17) is 17.3 Å². The van der Waals surface area contributed by atoms with Gasteiger partial charge in [-0.05, 0) is 19.1 Å². The Hall–Kier alpha value is -1.46. The van der Waals surface area contributed by atoms with E-state index >= 15 is 0 Å². The van der Waals surface area contributed by atoms with Crippen LogP contribution in [-0.4, -0.2) is 16.5 Å². The first-order chi connectivity index (χ1) is 8.69. The Morgan fingerprint density at radius 1 is 1.33 bits per heavy atom. The molecular weight excluding hydrogens is 268 g/mol. The minimum absolute atomic E-state index is 0.253. The third-order valence-corrected chi connectivity index (χ3v) is 3.56. The van der Waals surface area contributed by atoms with Crippen LogP contribution in [0.3, 0.4) is 0 Å². The van der Waals surface area contributed by atoms with Crippen LogP contribution in [0.4, 0.5) is 11.8 Å². The first-order valence-corrected chi connectivity index (χ1v) is 6.69. The Kier molecular flexibility index (Phi) is 4.28. The molecule has 2 rings (SSSR count). The predicted octanol–water partition coefficient (Wildman–Crippen LogP) is 3.30. The van der Waals surface area contributed by atoms with E-state index in [1.54, 1.807) is 0 Å². The van der Waals surface area contributed by atoms with Gasteiger partial charge >= 0.3 is 0 Å². The van der Waals surface area contributed by atoms with Gasteiger partial charge in [0.25, 0.3) is 0 Å². The monoisotopic (exact) mass is 280 g/mol. The number of nitrogen functional groups attached to an aromatic ring is 1. The quantitative estimate of drug-likeness (QED) is 0.842. The van der Waals surface area contributed by atoms with Gasteiger partial charge in [-0.25, -0.2) is 4.98 Å². The molecule has 6 heteroatoms. The largest absolute Gasteiger partial charge is 0.370 e. The molecule has 0 aliphatic carbocycles. The number of hydrogen-bond donors (Lipinski definition) is 2. The van der Waals surface area contributed by atoms with Gasteiger partial charge in [0, 0.05) is 17.5 Å². The summed E-state index contributed by atoms with van der Waals surface area (Å²) >= 11 is 7.57. The molecule has 0 atom stereocenters. The summed E-state index contributed by atoms with van der Waals surface area (Å²) in [5, 5.41) is 4.58. The Bertz CT molecular complexity index is 547. The summed E-state index contributed by atoms with van der Waals surface area (Å²) in [6.45, 7) is 2.78. The van der Waals surface area contributed by atoms with Crippen LogP contribution in [-0.2, 0) is 0 Å². The second kappa shape index (κ2) is 5.93. The summed E-state index contributed by atoms with van der Waals surface area (Å²) in [6.07, 6.45) is 0. The molecule has 0 radical (unpaired) electrons. The van der Waals surface area contributed by atoms with Gasteiger partial charge in [0.1, 0.15) is 10.8 Å². The highest BCUT2D eigenvalue weighted by Gasteiger charge is 2.06. The van der Waals surface area contributed by atoms with Gasteiger partial charge in [-0.1, -0.05) is 35.5 Å². The van der Waals surface area contributed by atoms with E-state index < -0.39 is 0 Å². The molecule has 0 aliphatic heterocycles. The lowest BCUT2D eigenvalue weighted by molar-refractivity contribution is 1.04. The number of nitrogens with two attached hydrogens (primary N) is 1. The summed E-state index contributed by atoms with van der Waals surface area (Å²) in [5.41, 5.74) is 5.67. The summed E-state index contributed by atoms with van der Waals surface area (Å²) in [6, 6.07) is 9.47. The fourth-order valence-corrected chi connectivity index (χ4v) is 2.51. The van der Waals surface area contributed by atoms with E-state index in [9.17, 15) is 0 Å². The van der Waals surface area contributed by atoms with Gasteiger partial charge in [0.05, 0.1) is 5.02 Å². The molecule has 1 aromatic carbocycles. The number of hydrogen-bond acceptors (Lipinski definition) is 5. The lowest BCUT2D eigenvalue weighted by Crippen LogP contribution is -2.03. The Labute approximate surface area is 115 Å². The Balaban J connectivity index is 2.26. The molecule has 0 aliphatic rings. The lowest BCUT2D eigenvalue weighted by atomic mass is 10.4. The van der Waals surface area contributed by atoms with Crippen LogP contribution in [0.15, 0.2) is 40.3 Å². The summed E-state index contributed by atoms with van der Waals surface area (Å²) < 4.78 is 0. The maximum Gasteiger partial charge on any atom is 0.223 e. The van der Waals surface area contributed by atoms with E-state index in [0.29, 0.717) is 5.02 Å². The summed E-state index contributed by atoms with van der Waals surface area (Å²) in [5.74, 6) is 0.975. The molecule has 18 heavy (non-hydrogen) atoms. The average molecular weight is 281 g/mol. The zero-order valence-electron chi connectivity index (χ0n) is 9.85. The standard InChI is InChI=1S/C12H13ClN4S/c1-2-15-10-7-11(17-12(14)16-10)18-9-6-4-3-5-8(9)13/h3-7H,2H2,1H3,(H3,14,15,16,17). The second-order valence-electron chi connectivity index (χ2n) is 3.51. The normalized spacial score (nSPS) is 10.3. The zero-order chi connectivity index (χ0) is 13.0. The van der Waals surface area contributed by atoms with Crippen molar-refractivity contribution >= 4 is 35.1 Å². The number of benzene rings is 1. The molecule has 0 saturated carbocycles. The number of nitrogens with one attached hydrogen (secondary N) is 1. The molecule has 0 saturated heterocycles. The van der Waals surface area contributed by atoms with Crippen molar-refractivity contribution in [2.75, 3.05) is 17.6 Å². The highest BCUT2D eigenvalue weighted by Crippen LogP contribution is 2.32. The van der Waals surface area contributed by atoms with E-state index in [-0.39, 0.29) is 5.95 Å². The van der Waals surface area contributed by atoms with Crippen molar-refractivity contribution in [2.24, 2.45) is 0 Å². The molecule has 0 bridgehead atoms. The minimum atomic E-state index is 0.253. The summed E-state index contributed by atoms with van der Waals surface area (Å²) in [7, 11) is 0. The highest BCUT2D eigenvalue weighted by molar-refractivity contribution is 7.99. The fraction of sp³-hybridized carbons (Fsp3) is 0.167. The molecule has 3 N–H and O–H groups in total. The number of aromatic nitrogens is 2. The summed E-state index contributed by atoms with van der Waals surface area (Å²) in [4.78, 5) is 9.22. The molecule has 0 fully saturated rings. The van der Waals surface area contributed by atoms with Crippen LogP contribution in [0.1, 0.15) is 6.92 Å². The zero-order valence-corrected chi connectivity index (χ0v) is 11.4. The van der Waals surface area contributed by atoms with E-state index in [1.165, 1.54) is 11.8 Å². The van der Waals surface area contributed by atoms with Crippen LogP contribution in [0.25, 0.3) is 0 Å². The van der Waals surface area contributed by atoms with Crippen molar-refractivity contribution < 1.29 is 0 Å². The SMILES string of the molecule is CCNc1cc(Sc2ccccc2Cl)nc(N)n1. The van der Waals surface area contributed by atoms with Gasteiger partial charge in [-0.3, -0.25) is 0 Å². The molecule has 0 unspecified atom stereocenters. The molecule has 0 amide bonds.